The van der Waals surface area contributed by atoms with Gasteiger partial charge >= 0.3 is 6.36 Å². The number of rotatable bonds is 6. The SMILES string of the molecule is Cc1ccc(-c2noc(C3CC(OC(F)(F)F)C3)n2)cc1NC(=O)c1cnn2ccc(N3CC4(COC4)C3)cc12. The second kappa shape index (κ2) is 9.03. The highest BCUT2D eigenvalue weighted by molar-refractivity contribution is 6.09. The van der Waals surface area contributed by atoms with Crippen LogP contribution in [0.4, 0.5) is 24.5 Å². The lowest BCUT2D eigenvalue weighted by molar-refractivity contribution is -0.352. The number of nitrogens with one attached hydrogen (secondary N) is 1. The summed E-state index contributed by atoms with van der Waals surface area (Å²) in [5, 5.41) is 11.3. The Balaban J connectivity index is 1.06. The summed E-state index contributed by atoms with van der Waals surface area (Å²) >= 11 is 0. The number of halogens is 3. The third-order valence-corrected chi connectivity index (χ3v) is 7.91. The van der Waals surface area contributed by atoms with Gasteiger partial charge in [0, 0.05) is 42.1 Å². The van der Waals surface area contributed by atoms with Crippen molar-refractivity contribution in [3.63, 3.8) is 0 Å². The molecule has 1 spiro atoms. The minimum Gasteiger partial charge on any atom is -0.380 e. The molecule has 13 heteroatoms. The fourth-order valence-electron chi connectivity index (χ4n) is 5.52. The molecule has 2 aliphatic heterocycles. The molecule has 3 aliphatic rings. The Morgan fingerprint density at radius 2 is 1.98 bits per heavy atom. The zero-order valence-electron chi connectivity index (χ0n) is 21.4. The second-order valence-electron chi connectivity index (χ2n) is 10.9. The van der Waals surface area contributed by atoms with E-state index in [0.717, 1.165) is 37.6 Å². The Labute approximate surface area is 226 Å². The number of nitrogens with zero attached hydrogens (tertiary/aromatic N) is 5. The van der Waals surface area contributed by atoms with Crippen molar-refractivity contribution in [2.75, 3.05) is 36.5 Å². The number of hydrogen-bond acceptors (Lipinski definition) is 8. The van der Waals surface area contributed by atoms with Crippen molar-refractivity contribution in [1.82, 2.24) is 19.8 Å². The third kappa shape index (κ3) is 4.48. The number of ether oxygens (including phenoxy) is 2. The molecule has 0 radical (unpaired) electrons. The number of aryl methyl sites for hydroxylation is 1. The van der Waals surface area contributed by atoms with E-state index in [2.05, 4.69) is 30.2 Å². The van der Waals surface area contributed by atoms with Gasteiger partial charge in [-0.2, -0.15) is 10.1 Å². The molecule has 1 saturated carbocycles. The average molecular weight is 555 g/mol. The van der Waals surface area contributed by atoms with Crippen LogP contribution in [0.15, 0.2) is 47.2 Å². The number of hydrogen-bond donors (Lipinski definition) is 1. The van der Waals surface area contributed by atoms with Crippen molar-refractivity contribution in [2.45, 2.75) is 38.1 Å². The topological polar surface area (TPSA) is 107 Å². The largest absolute Gasteiger partial charge is 0.522 e. The Morgan fingerprint density at radius 3 is 2.70 bits per heavy atom. The normalized spacial score (nSPS) is 21.6. The van der Waals surface area contributed by atoms with Crippen molar-refractivity contribution in [1.29, 1.82) is 0 Å². The van der Waals surface area contributed by atoms with Crippen LogP contribution in [-0.2, 0) is 9.47 Å². The minimum absolute atomic E-state index is 0.158. The van der Waals surface area contributed by atoms with Gasteiger partial charge in [-0.05, 0) is 43.5 Å². The summed E-state index contributed by atoms with van der Waals surface area (Å²) in [4.78, 5) is 20.0. The first-order valence-corrected chi connectivity index (χ1v) is 13.0. The Kier molecular flexibility index (Phi) is 5.65. The van der Waals surface area contributed by atoms with E-state index in [9.17, 15) is 18.0 Å². The smallest absolute Gasteiger partial charge is 0.380 e. The molecule has 4 aromatic rings. The number of amides is 1. The van der Waals surface area contributed by atoms with E-state index < -0.39 is 12.5 Å². The molecule has 5 heterocycles. The molecule has 1 aliphatic carbocycles. The Bertz CT molecular complexity index is 1600. The summed E-state index contributed by atoms with van der Waals surface area (Å²) in [5.74, 6) is -0.0415. The fraction of sp³-hybridized carbons (Fsp3) is 0.407. The van der Waals surface area contributed by atoms with E-state index in [1.807, 2.05) is 31.3 Å². The molecule has 40 heavy (non-hydrogen) atoms. The van der Waals surface area contributed by atoms with Crippen LogP contribution >= 0.6 is 0 Å². The third-order valence-electron chi connectivity index (χ3n) is 7.91. The molecule has 3 fully saturated rings. The predicted octanol–water partition coefficient (Wildman–Crippen LogP) is 4.56. The molecule has 2 saturated heterocycles. The lowest BCUT2D eigenvalue weighted by Crippen LogP contribution is -2.66. The van der Waals surface area contributed by atoms with Gasteiger partial charge in [-0.15, -0.1) is 13.2 Å². The molecule has 1 N–H and O–H groups in total. The first-order chi connectivity index (χ1) is 19.1. The Morgan fingerprint density at radius 1 is 1.18 bits per heavy atom. The summed E-state index contributed by atoms with van der Waals surface area (Å²) in [5.41, 5.74) is 4.46. The molecule has 208 valence electrons. The van der Waals surface area contributed by atoms with Crippen molar-refractivity contribution < 1.29 is 32.0 Å². The maximum Gasteiger partial charge on any atom is 0.522 e. The van der Waals surface area contributed by atoms with Gasteiger partial charge in [0.15, 0.2) is 0 Å². The average Bonchev–Trinajstić information content (AvgIpc) is 3.47. The molecular formula is C27H25F3N6O4. The highest BCUT2D eigenvalue weighted by Gasteiger charge is 2.49. The number of pyridine rings is 1. The summed E-state index contributed by atoms with van der Waals surface area (Å²) in [6, 6.07) is 9.34. The van der Waals surface area contributed by atoms with E-state index in [4.69, 9.17) is 9.26 Å². The van der Waals surface area contributed by atoms with Gasteiger partial charge in [0.2, 0.25) is 11.7 Å². The quantitative estimate of drug-likeness (QED) is 0.370. The summed E-state index contributed by atoms with van der Waals surface area (Å²) in [6.45, 7) is 5.34. The van der Waals surface area contributed by atoms with Crippen LogP contribution in [0.25, 0.3) is 16.9 Å². The first kappa shape index (κ1) is 25.0. The standard InChI is InChI=1S/C27H25F3N6O4/c1-15-2-3-16(23-33-25(40-34-23)17-6-19(7-17)39-27(28,29)30)8-21(15)32-24(37)20-10-31-36-5-4-18(9-22(20)36)35-11-26(12-35)13-38-14-26/h2-5,8-10,17,19H,6-7,11-14H2,1H3,(H,32,37). The lowest BCUT2D eigenvalue weighted by atomic mass is 9.78. The van der Waals surface area contributed by atoms with Crippen LogP contribution in [0.2, 0.25) is 0 Å². The van der Waals surface area contributed by atoms with Crippen LogP contribution in [0.5, 0.6) is 0 Å². The number of alkyl halides is 3. The van der Waals surface area contributed by atoms with Crippen LogP contribution in [-0.4, -0.2) is 64.4 Å². The zero-order valence-corrected chi connectivity index (χ0v) is 21.4. The van der Waals surface area contributed by atoms with Gasteiger partial charge in [0.25, 0.3) is 5.91 Å². The number of carbonyl (C=O) groups is 1. The minimum atomic E-state index is -4.66. The van der Waals surface area contributed by atoms with Gasteiger partial charge < -0.3 is 19.5 Å². The molecule has 1 amide bonds. The number of fused-ring (bicyclic) bond motifs is 1. The van der Waals surface area contributed by atoms with E-state index >= 15 is 0 Å². The lowest BCUT2D eigenvalue weighted by Gasteiger charge is -2.56. The van der Waals surface area contributed by atoms with E-state index in [0.29, 0.717) is 22.3 Å². The van der Waals surface area contributed by atoms with Crippen LogP contribution in [0, 0.1) is 12.3 Å². The van der Waals surface area contributed by atoms with Crippen LogP contribution in [0.1, 0.15) is 40.6 Å². The molecule has 10 nitrogen and oxygen atoms in total. The highest BCUT2D eigenvalue weighted by Crippen LogP contribution is 2.42. The van der Waals surface area contributed by atoms with E-state index in [1.165, 1.54) is 0 Å². The molecule has 0 atom stereocenters. The first-order valence-electron chi connectivity index (χ1n) is 13.0. The summed E-state index contributed by atoms with van der Waals surface area (Å²) in [7, 11) is 0. The second-order valence-corrected chi connectivity index (χ2v) is 10.9. The number of benzene rings is 1. The van der Waals surface area contributed by atoms with Gasteiger partial charge in [0.05, 0.1) is 42.0 Å². The number of aromatic nitrogens is 4. The molecule has 1 aromatic carbocycles. The molecular weight excluding hydrogens is 529 g/mol. The van der Waals surface area contributed by atoms with Crippen molar-refractivity contribution >= 4 is 22.8 Å². The van der Waals surface area contributed by atoms with Crippen LogP contribution < -0.4 is 10.2 Å². The van der Waals surface area contributed by atoms with Crippen molar-refractivity contribution in [3.8, 4) is 11.4 Å². The van der Waals surface area contributed by atoms with E-state index in [1.54, 1.807) is 22.8 Å². The molecule has 0 bridgehead atoms. The maximum absolute atomic E-state index is 13.3. The summed E-state index contributed by atoms with van der Waals surface area (Å²) < 4.78 is 53.6. The molecule has 0 unspecified atom stereocenters. The maximum atomic E-state index is 13.3. The Hall–Kier alpha value is -3.97. The molecule has 3 aromatic heterocycles. The van der Waals surface area contributed by atoms with Gasteiger partial charge in [0.1, 0.15) is 0 Å². The predicted molar refractivity (Wildman–Crippen MR) is 136 cm³/mol. The van der Waals surface area contributed by atoms with Crippen molar-refractivity contribution in [2.24, 2.45) is 5.41 Å². The fourth-order valence-corrected chi connectivity index (χ4v) is 5.52. The van der Waals surface area contributed by atoms with Gasteiger partial charge in [-0.25, -0.2) is 4.52 Å². The van der Waals surface area contributed by atoms with Crippen molar-refractivity contribution in [3.05, 3.63) is 59.7 Å². The highest BCUT2D eigenvalue weighted by atomic mass is 19.4. The summed E-state index contributed by atoms with van der Waals surface area (Å²) in [6.07, 6.45) is -1.85. The van der Waals surface area contributed by atoms with Crippen LogP contribution in [0.3, 0.4) is 0 Å². The number of anilines is 2. The number of carbonyl (C=O) groups excluding carboxylic acids is 1. The monoisotopic (exact) mass is 554 g/mol. The van der Waals surface area contributed by atoms with Gasteiger partial charge in [-0.1, -0.05) is 17.3 Å². The molecule has 7 rings (SSSR count). The van der Waals surface area contributed by atoms with Gasteiger partial charge in [-0.3, -0.25) is 9.53 Å². The van der Waals surface area contributed by atoms with E-state index in [-0.39, 0.29) is 41.8 Å². The zero-order chi connectivity index (χ0) is 27.6.